The van der Waals surface area contributed by atoms with Crippen LogP contribution in [0.15, 0.2) is 0 Å². The van der Waals surface area contributed by atoms with E-state index >= 15 is 0 Å². The maximum atomic E-state index is 11.5. The van der Waals surface area contributed by atoms with Crippen LogP contribution in [-0.2, 0) is 4.74 Å². The number of alkyl carbamates (subject to hydrolysis) is 1. The Bertz CT molecular complexity index is 249. The summed E-state index contributed by atoms with van der Waals surface area (Å²) in [5.41, 5.74) is 5.26. The minimum absolute atomic E-state index is 0.139. The van der Waals surface area contributed by atoms with Gasteiger partial charge in [-0.3, -0.25) is 0 Å². The zero-order chi connectivity index (χ0) is 14.3. The maximum Gasteiger partial charge on any atom is 0.407 e. The van der Waals surface area contributed by atoms with E-state index in [0.717, 1.165) is 6.54 Å². The van der Waals surface area contributed by atoms with Crippen LogP contribution in [0.1, 0.15) is 34.6 Å². The second-order valence-corrected chi connectivity index (χ2v) is 6.11. The zero-order valence-electron chi connectivity index (χ0n) is 12.6. The van der Waals surface area contributed by atoms with Crippen LogP contribution in [0.5, 0.6) is 0 Å². The molecule has 5 nitrogen and oxygen atoms in total. The molecule has 0 aromatic rings. The Balaban J connectivity index is 4.11. The maximum absolute atomic E-state index is 11.5. The van der Waals surface area contributed by atoms with Crippen molar-refractivity contribution in [2.75, 3.05) is 26.7 Å². The number of hydrogen-bond donors (Lipinski definition) is 2. The highest BCUT2D eigenvalue weighted by Crippen LogP contribution is 2.06. The number of carbonyl (C=O) groups excluding carboxylic acids is 1. The van der Waals surface area contributed by atoms with Gasteiger partial charge in [-0.15, -0.1) is 0 Å². The van der Waals surface area contributed by atoms with Gasteiger partial charge in [0.1, 0.15) is 5.60 Å². The molecule has 0 aromatic carbocycles. The molecule has 0 aliphatic rings. The molecule has 1 amide bonds. The number of amides is 1. The number of nitrogens with two attached hydrogens (primary N) is 1. The average molecular weight is 259 g/mol. The molecule has 0 aromatic heterocycles. The highest BCUT2D eigenvalue weighted by molar-refractivity contribution is 5.67. The summed E-state index contributed by atoms with van der Waals surface area (Å²) in [4.78, 5) is 13.7. The van der Waals surface area contributed by atoms with E-state index in [1.165, 1.54) is 0 Å². The summed E-state index contributed by atoms with van der Waals surface area (Å²) in [6.45, 7) is 11.8. The van der Waals surface area contributed by atoms with E-state index in [4.69, 9.17) is 10.5 Å². The molecule has 0 bridgehead atoms. The Kier molecular flexibility index (Phi) is 7.25. The van der Waals surface area contributed by atoms with E-state index in [2.05, 4.69) is 24.1 Å². The first-order valence-electron chi connectivity index (χ1n) is 6.53. The van der Waals surface area contributed by atoms with Gasteiger partial charge < -0.3 is 20.7 Å². The second kappa shape index (κ2) is 7.59. The van der Waals surface area contributed by atoms with Crippen molar-refractivity contribution in [2.24, 2.45) is 11.7 Å². The lowest BCUT2D eigenvalue weighted by molar-refractivity contribution is 0.0511. The highest BCUT2D eigenvalue weighted by Gasteiger charge is 2.19. The minimum Gasteiger partial charge on any atom is -0.444 e. The fourth-order valence-electron chi connectivity index (χ4n) is 1.66. The average Bonchev–Trinajstić information content (AvgIpc) is 2.14. The van der Waals surface area contributed by atoms with E-state index in [1.54, 1.807) is 0 Å². The van der Waals surface area contributed by atoms with Crippen LogP contribution in [0.4, 0.5) is 4.79 Å². The summed E-state index contributed by atoms with van der Waals surface area (Å²) in [6, 6.07) is 0.139. The standard InChI is InChI=1S/C13H29N3O2/c1-10(2)9-16(6)11(7-14)8-15-12(17)18-13(3,4)5/h10-11H,7-9,14H2,1-6H3,(H,15,17). The predicted molar refractivity (Wildman–Crippen MR) is 74.5 cm³/mol. The summed E-state index contributed by atoms with van der Waals surface area (Å²) >= 11 is 0. The molecular formula is C13H29N3O2. The van der Waals surface area contributed by atoms with Crippen molar-refractivity contribution in [3.05, 3.63) is 0 Å². The third kappa shape index (κ3) is 8.31. The van der Waals surface area contributed by atoms with Crippen molar-refractivity contribution in [2.45, 2.75) is 46.3 Å². The van der Waals surface area contributed by atoms with Gasteiger partial charge in [-0.25, -0.2) is 4.79 Å². The van der Waals surface area contributed by atoms with E-state index in [1.807, 2.05) is 27.8 Å². The number of ether oxygens (including phenoxy) is 1. The van der Waals surface area contributed by atoms with Crippen LogP contribution in [-0.4, -0.2) is 49.3 Å². The van der Waals surface area contributed by atoms with Gasteiger partial charge >= 0.3 is 6.09 Å². The molecule has 18 heavy (non-hydrogen) atoms. The summed E-state index contributed by atoms with van der Waals surface area (Å²) in [6.07, 6.45) is -0.390. The van der Waals surface area contributed by atoms with Crippen molar-refractivity contribution in [1.82, 2.24) is 10.2 Å². The molecule has 0 rings (SSSR count). The van der Waals surface area contributed by atoms with Gasteiger partial charge in [-0.2, -0.15) is 0 Å². The van der Waals surface area contributed by atoms with Gasteiger partial charge in [-0.1, -0.05) is 13.8 Å². The topological polar surface area (TPSA) is 67.6 Å². The van der Waals surface area contributed by atoms with Crippen LogP contribution in [0.3, 0.4) is 0 Å². The SMILES string of the molecule is CC(C)CN(C)C(CN)CNC(=O)OC(C)(C)C. The fraction of sp³-hybridized carbons (Fsp3) is 0.923. The largest absolute Gasteiger partial charge is 0.444 e. The summed E-state index contributed by atoms with van der Waals surface area (Å²) < 4.78 is 5.18. The first-order valence-corrected chi connectivity index (χ1v) is 6.53. The lowest BCUT2D eigenvalue weighted by atomic mass is 10.1. The molecule has 0 heterocycles. The molecular weight excluding hydrogens is 230 g/mol. The van der Waals surface area contributed by atoms with Gasteiger partial charge in [-0.05, 0) is 33.7 Å². The third-order valence-electron chi connectivity index (χ3n) is 2.43. The number of nitrogens with zero attached hydrogens (tertiary/aromatic N) is 1. The molecule has 3 N–H and O–H groups in total. The Morgan fingerprint density at radius 3 is 2.33 bits per heavy atom. The van der Waals surface area contributed by atoms with E-state index in [0.29, 0.717) is 19.0 Å². The Morgan fingerprint density at radius 2 is 1.94 bits per heavy atom. The Labute approximate surface area is 111 Å². The van der Waals surface area contributed by atoms with Crippen molar-refractivity contribution in [3.63, 3.8) is 0 Å². The lowest BCUT2D eigenvalue weighted by Crippen LogP contribution is -2.48. The van der Waals surface area contributed by atoms with Crippen molar-refractivity contribution in [1.29, 1.82) is 0 Å². The predicted octanol–water partition coefficient (Wildman–Crippen LogP) is 1.43. The second-order valence-electron chi connectivity index (χ2n) is 6.11. The molecule has 108 valence electrons. The first kappa shape index (κ1) is 17.2. The van der Waals surface area contributed by atoms with Crippen LogP contribution >= 0.6 is 0 Å². The van der Waals surface area contributed by atoms with Gasteiger partial charge in [0, 0.05) is 25.7 Å². The van der Waals surface area contributed by atoms with Gasteiger partial charge in [0.2, 0.25) is 0 Å². The van der Waals surface area contributed by atoms with Crippen molar-refractivity contribution >= 4 is 6.09 Å². The van der Waals surface area contributed by atoms with E-state index in [9.17, 15) is 4.79 Å². The van der Waals surface area contributed by atoms with Gasteiger partial charge in [0.25, 0.3) is 0 Å². The fourth-order valence-corrected chi connectivity index (χ4v) is 1.66. The number of carbonyl (C=O) groups is 1. The van der Waals surface area contributed by atoms with Crippen molar-refractivity contribution < 1.29 is 9.53 Å². The van der Waals surface area contributed by atoms with Gasteiger partial charge in [0.15, 0.2) is 0 Å². The lowest BCUT2D eigenvalue weighted by Gasteiger charge is -2.29. The molecule has 0 fully saturated rings. The quantitative estimate of drug-likeness (QED) is 0.757. The molecule has 5 heteroatoms. The van der Waals surface area contributed by atoms with Gasteiger partial charge in [0.05, 0.1) is 0 Å². The molecule has 0 spiro atoms. The molecule has 1 atom stereocenters. The minimum atomic E-state index is -0.466. The monoisotopic (exact) mass is 259 g/mol. The number of likely N-dealkylation sites (N-methyl/N-ethyl adjacent to an activating group) is 1. The molecule has 0 aliphatic carbocycles. The smallest absolute Gasteiger partial charge is 0.407 e. The molecule has 0 radical (unpaired) electrons. The Hall–Kier alpha value is -0.810. The normalized spacial score (nSPS) is 13.8. The summed E-state index contributed by atoms with van der Waals surface area (Å²) in [5.74, 6) is 0.575. The highest BCUT2D eigenvalue weighted by atomic mass is 16.6. The molecule has 0 saturated heterocycles. The molecule has 1 unspecified atom stereocenters. The van der Waals surface area contributed by atoms with Crippen molar-refractivity contribution in [3.8, 4) is 0 Å². The first-order chi connectivity index (χ1) is 8.15. The third-order valence-corrected chi connectivity index (χ3v) is 2.43. The molecule has 0 aliphatic heterocycles. The van der Waals surface area contributed by atoms with Crippen LogP contribution in [0, 0.1) is 5.92 Å². The number of rotatable bonds is 6. The van der Waals surface area contributed by atoms with E-state index < -0.39 is 5.60 Å². The van der Waals surface area contributed by atoms with Crippen LogP contribution < -0.4 is 11.1 Å². The summed E-state index contributed by atoms with van der Waals surface area (Å²) in [7, 11) is 2.02. The molecule has 0 saturated carbocycles. The van der Waals surface area contributed by atoms with E-state index in [-0.39, 0.29) is 12.1 Å². The Morgan fingerprint density at radius 1 is 1.39 bits per heavy atom. The number of nitrogens with one attached hydrogen (secondary N) is 1. The van der Waals surface area contributed by atoms with Crippen LogP contribution in [0.2, 0.25) is 0 Å². The summed E-state index contributed by atoms with van der Waals surface area (Å²) in [5, 5.41) is 2.76. The number of hydrogen-bond acceptors (Lipinski definition) is 4. The van der Waals surface area contributed by atoms with Crippen LogP contribution in [0.25, 0.3) is 0 Å². The zero-order valence-corrected chi connectivity index (χ0v) is 12.6.